The fourth-order valence-electron chi connectivity index (χ4n) is 6.50. The molecule has 3 saturated carbocycles. The summed E-state index contributed by atoms with van der Waals surface area (Å²) in [4.78, 5) is 24.2. The van der Waals surface area contributed by atoms with Crippen LogP contribution in [0.5, 0.6) is 0 Å². The molecule has 0 aromatic heterocycles. The van der Waals surface area contributed by atoms with Crippen molar-refractivity contribution in [2.45, 2.75) is 51.9 Å². The van der Waals surface area contributed by atoms with Crippen LogP contribution in [0.15, 0.2) is 12.2 Å². The second kappa shape index (κ2) is 4.77. The Hall–Kier alpha value is -0.960. The molecule has 4 aliphatic rings. The van der Waals surface area contributed by atoms with Crippen LogP contribution in [0.1, 0.15) is 51.9 Å². The molecule has 22 heavy (non-hydrogen) atoms. The molecule has 0 heterocycles. The molecule has 3 nitrogen and oxygen atoms in total. The number of hydrogen-bond acceptors (Lipinski definition) is 3. The zero-order valence-corrected chi connectivity index (χ0v) is 13.4. The van der Waals surface area contributed by atoms with Gasteiger partial charge in [0.25, 0.3) is 0 Å². The van der Waals surface area contributed by atoms with Gasteiger partial charge in [-0.1, -0.05) is 13.0 Å². The van der Waals surface area contributed by atoms with E-state index in [1.165, 1.54) is 0 Å². The van der Waals surface area contributed by atoms with Gasteiger partial charge in [0.1, 0.15) is 5.78 Å². The van der Waals surface area contributed by atoms with Crippen molar-refractivity contribution in [2.24, 2.45) is 34.5 Å². The van der Waals surface area contributed by atoms with Crippen molar-refractivity contribution in [3.8, 4) is 0 Å². The summed E-state index contributed by atoms with van der Waals surface area (Å²) < 4.78 is 0. The van der Waals surface area contributed by atoms with Gasteiger partial charge in [0.15, 0.2) is 5.78 Å². The van der Waals surface area contributed by atoms with E-state index in [1.807, 2.05) is 6.08 Å². The summed E-state index contributed by atoms with van der Waals surface area (Å²) >= 11 is 0. The molecule has 0 amide bonds. The Morgan fingerprint density at radius 3 is 2.77 bits per heavy atom. The maximum atomic E-state index is 12.4. The van der Waals surface area contributed by atoms with Gasteiger partial charge in [-0.2, -0.15) is 0 Å². The molecule has 0 spiro atoms. The monoisotopic (exact) mass is 302 g/mol. The quantitative estimate of drug-likeness (QED) is 0.810. The van der Waals surface area contributed by atoms with Gasteiger partial charge in [-0.05, 0) is 61.9 Å². The number of Topliss-reactive ketones (excluding diaryl/α,β-unsaturated/α-hetero) is 1. The summed E-state index contributed by atoms with van der Waals surface area (Å²) in [6.07, 6.45) is 10.3. The van der Waals surface area contributed by atoms with E-state index < -0.39 is 0 Å². The first-order valence-corrected chi connectivity index (χ1v) is 8.87. The minimum absolute atomic E-state index is 0.112. The lowest BCUT2D eigenvalue weighted by atomic mass is 9.46. The van der Waals surface area contributed by atoms with E-state index in [4.69, 9.17) is 0 Å². The van der Waals surface area contributed by atoms with Crippen molar-refractivity contribution in [2.75, 3.05) is 6.61 Å². The Labute approximate surface area is 132 Å². The number of ketones is 2. The van der Waals surface area contributed by atoms with Crippen LogP contribution < -0.4 is 0 Å². The van der Waals surface area contributed by atoms with Crippen LogP contribution in [0.25, 0.3) is 0 Å². The van der Waals surface area contributed by atoms with Crippen molar-refractivity contribution in [1.29, 1.82) is 0 Å². The summed E-state index contributed by atoms with van der Waals surface area (Å²) in [5.74, 6) is 2.47. The SMILES string of the molecule is C[C@]12CC[C@@H]3[C@@H](CCC4CC(=O)C=C[C@@]43CO)[C@@H]1CCC2=O. The van der Waals surface area contributed by atoms with Gasteiger partial charge in [-0.3, -0.25) is 9.59 Å². The van der Waals surface area contributed by atoms with E-state index >= 15 is 0 Å². The van der Waals surface area contributed by atoms with Gasteiger partial charge < -0.3 is 5.11 Å². The molecule has 3 heteroatoms. The van der Waals surface area contributed by atoms with Crippen molar-refractivity contribution in [3.05, 3.63) is 12.2 Å². The predicted octanol–water partition coefficient (Wildman–Crippen LogP) is 2.92. The van der Waals surface area contributed by atoms with Crippen LogP contribution >= 0.6 is 0 Å². The van der Waals surface area contributed by atoms with Gasteiger partial charge in [0.05, 0.1) is 6.61 Å². The first-order valence-electron chi connectivity index (χ1n) is 8.87. The largest absolute Gasteiger partial charge is 0.395 e. The molecule has 0 radical (unpaired) electrons. The number of aliphatic hydroxyl groups excluding tert-OH is 1. The Morgan fingerprint density at radius 2 is 2.00 bits per heavy atom. The van der Waals surface area contributed by atoms with Crippen molar-refractivity contribution in [3.63, 3.8) is 0 Å². The molecular formula is C19H26O3. The van der Waals surface area contributed by atoms with E-state index in [1.54, 1.807) is 6.08 Å². The molecule has 0 bridgehead atoms. The number of hydrogen-bond donors (Lipinski definition) is 1. The zero-order chi connectivity index (χ0) is 15.5. The second-order valence-corrected chi connectivity index (χ2v) is 8.34. The van der Waals surface area contributed by atoms with Gasteiger partial charge in [0, 0.05) is 23.7 Å². The Bertz CT molecular complexity index is 551. The minimum Gasteiger partial charge on any atom is -0.395 e. The number of aliphatic hydroxyl groups is 1. The van der Waals surface area contributed by atoms with Crippen LogP contribution in [0.2, 0.25) is 0 Å². The van der Waals surface area contributed by atoms with Crippen molar-refractivity contribution >= 4 is 11.6 Å². The maximum Gasteiger partial charge on any atom is 0.155 e. The van der Waals surface area contributed by atoms with E-state index in [-0.39, 0.29) is 23.2 Å². The molecule has 0 aromatic carbocycles. The molecule has 4 aliphatic carbocycles. The summed E-state index contributed by atoms with van der Waals surface area (Å²) in [6.45, 7) is 2.33. The first-order chi connectivity index (χ1) is 10.5. The third-order valence-electron chi connectivity index (χ3n) is 7.75. The number of rotatable bonds is 1. The van der Waals surface area contributed by atoms with Crippen LogP contribution in [0, 0.1) is 34.5 Å². The Balaban J connectivity index is 1.72. The summed E-state index contributed by atoms with van der Waals surface area (Å²) in [6, 6.07) is 0. The van der Waals surface area contributed by atoms with Gasteiger partial charge in [-0.25, -0.2) is 0 Å². The standard InChI is InChI=1S/C19H26O3/c1-18-8-7-16-14(15(18)4-5-17(18)22)3-2-12-10-13(21)6-9-19(12,16)11-20/h6,9,12,14-16,20H,2-5,7-8,10-11H2,1H3/t12?,14-,15-,16+,18-,19+/m0/s1. The lowest BCUT2D eigenvalue weighted by Gasteiger charge is -2.58. The number of fused-ring (bicyclic) bond motifs is 5. The van der Waals surface area contributed by atoms with Crippen LogP contribution in [0.3, 0.4) is 0 Å². The molecule has 3 fully saturated rings. The van der Waals surface area contributed by atoms with Crippen LogP contribution in [0.4, 0.5) is 0 Å². The van der Waals surface area contributed by atoms with Gasteiger partial charge in [0.2, 0.25) is 0 Å². The lowest BCUT2D eigenvalue weighted by Crippen LogP contribution is -2.55. The van der Waals surface area contributed by atoms with E-state index in [0.717, 1.165) is 38.5 Å². The molecule has 0 aliphatic heterocycles. The predicted molar refractivity (Wildman–Crippen MR) is 83.1 cm³/mol. The highest BCUT2D eigenvalue weighted by molar-refractivity contribution is 5.91. The first kappa shape index (κ1) is 14.6. The van der Waals surface area contributed by atoms with E-state index in [0.29, 0.717) is 35.9 Å². The Kier molecular flexibility index (Phi) is 3.17. The number of allylic oxidation sites excluding steroid dienone is 1. The fraction of sp³-hybridized carbons (Fsp3) is 0.789. The average Bonchev–Trinajstić information content (AvgIpc) is 2.82. The van der Waals surface area contributed by atoms with Crippen LogP contribution in [-0.4, -0.2) is 23.3 Å². The normalized spacial score (nSPS) is 50.5. The molecular weight excluding hydrogens is 276 g/mol. The van der Waals surface area contributed by atoms with Gasteiger partial charge >= 0.3 is 0 Å². The zero-order valence-electron chi connectivity index (χ0n) is 13.4. The molecule has 0 aromatic rings. The average molecular weight is 302 g/mol. The minimum atomic E-state index is -0.205. The van der Waals surface area contributed by atoms with Gasteiger partial charge in [-0.15, -0.1) is 0 Å². The third kappa shape index (κ3) is 1.72. The molecule has 1 N–H and O–H groups in total. The lowest BCUT2D eigenvalue weighted by molar-refractivity contribution is -0.138. The highest BCUT2D eigenvalue weighted by Crippen LogP contribution is 2.64. The van der Waals surface area contributed by atoms with E-state index in [9.17, 15) is 14.7 Å². The van der Waals surface area contributed by atoms with Crippen molar-refractivity contribution < 1.29 is 14.7 Å². The van der Waals surface area contributed by atoms with Crippen molar-refractivity contribution in [1.82, 2.24) is 0 Å². The maximum absolute atomic E-state index is 12.4. The number of carbonyl (C=O) groups is 2. The molecule has 6 atom stereocenters. The molecule has 4 rings (SSSR count). The highest BCUT2D eigenvalue weighted by atomic mass is 16.3. The summed E-state index contributed by atoms with van der Waals surface area (Å²) in [5.41, 5.74) is -0.317. The molecule has 120 valence electrons. The summed E-state index contributed by atoms with van der Waals surface area (Å²) in [5, 5.41) is 10.2. The summed E-state index contributed by atoms with van der Waals surface area (Å²) in [7, 11) is 0. The topological polar surface area (TPSA) is 54.4 Å². The fourth-order valence-corrected chi connectivity index (χ4v) is 6.50. The number of carbonyl (C=O) groups excluding carboxylic acids is 2. The third-order valence-corrected chi connectivity index (χ3v) is 7.75. The Morgan fingerprint density at radius 1 is 1.18 bits per heavy atom. The van der Waals surface area contributed by atoms with Crippen LogP contribution in [-0.2, 0) is 9.59 Å². The highest BCUT2D eigenvalue weighted by Gasteiger charge is 2.60. The molecule has 1 unspecified atom stereocenters. The van der Waals surface area contributed by atoms with E-state index in [2.05, 4.69) is 6.92 Å². The second-order valence-electron chi connectivity index (χ2n) is 8.34. The smallest absolute Gasteiger partial charge is 0.155 e. The molecule has 0 saturated heterocycles.